The lowest BCUT2D eigenvalue weighted by Crippen LogP contribution is -2.45. The first-order valence-electron chi connectivity index (χ1n) is 9.93. The zero-order valence-electron chi connectivity index (χ0n) is 17.0. The van der Waals surface area contributed by atoms with Crippen molar-refractivity contribution in [2.24, 2.45) is 0 Å². The first-order valence-corrected chi connectivity index (χ1v) is 9.93. The fourth-order valence-electron chi connectivity index (χ4n) is 4.16. The van der Waals surface area contributed by atoms with E-state index in [-0.39, 0.29) is 17.8 Å². The molecule has 2 amide bonds. The third-order valence-electron chi connectivity index (χ3n) is 5.88. The number of aromatic nitrogens is 1. The van der Waals surface area contributed by atoms with E-state index < -0.39 is 58.1 Å². The number of rotatable bonds is 4. The van der Waals surface area contributed by atoms with Crippen LogP contribution in [0.3, 0.4) is 0 Å². The fraction of sp³-hybridized carbons (Fsp3) is 0.381. The van der Waals surface area contributed by atoms with E-state index in [9.17, 15) is 32.7 Å². The van der Waals surface area contributed by atoms with Gasteiger partial charge in [0.2, 0.25) is 5.43 Å². The van der Waals surface area contributed by atoms with Crippen LogP contribution in [0.5, 0.6) is 5.75 Å². The van der Waals surface area contributed by atoms with Gasteiger partial charge in [0.25, 0.3) is 11.8 Å². The molecule has 0 unspecified atom stereocenters. The second-order valence-corrected chi connectivity index (χ2v) is 7.81. The molecule has 2 aliphatic rings. The molecule has 2 aliphatic heterocycles. The van der Waals surface area contributed by atoms with Crippen molar-refractivity contribution < 1.29 is 32.6 Å². The molecule has 1 saturated heterocycles. The van der Waals surface area contributed by atoms with Crippen molar-refractivity contribution in [2.45, 2.75) is 31.5 Å². The molecule has 1 aromatic heterocycles. The van der Waals surface area contributed by atoms with Gasteiger partial charge in [0.15, 0.2) is 11.4 Å². The molecule has 0 saturated carbocycles. The number of carbonyl (C=O) groups is 2. The zero-order valence-corrected chi connectivity index (χ0v) is 17.0. The number of nitrogens with zero attached hydrogens (tertiary/aromatic N) is 2. The number of hydrogen-bond acceptors (Lipinski definition) is 5. The number of nitrogens with one attached hydrogen (secondary N) is 1. The van der Waals surface area contributed by atoms with Crippen LogP contribution < -0.4 is 10.7 Å². The molecular weight excluding hydrogens is 431 g/mol. The Labute approximate surface area is 180 Å². The molecule has 4 rings (SSSR count). The molecule has 0 radical (unpaired) electrons. The molecule has 2 aromatic rings. The minimum absolute atomic E-state index is 0.198. The number of aromatic hydroxyl groups is 1. The standard InChI is InChI=1S/C21H20F3N3O5/c1-32-12-3-2-11-7-26(8-12)21(31)17-19(29)18(28)14(9-27(11)17)20(30)25-6-13-15(23)4-10(22)5-16(13)24/h4-5,9,11-12,29H,2-3,6-8H2,1H3,(H,25,30)/t11-,12-/m0/s1. The van der Waals surface area contributed by atoms with Crippen LogP contribution in [0.25, 0.3) is 0 Å². The normalized spacial score (nSPS) is 20.0. The smallest absolute Gasteiger partial charge is 0.274 e. The summed E-state index contributed by atoms with van der Waals surface area (Å²) >= 11 is 0. The third kappa shape index (κ3) is 3.72. The van der Waals surface area contributed by atoms with Crippen LogP contribution in [0.15, 0.2) is 23.1 Å². The number of carbonyl (C=O) groups excluding carboxylic acids is 2. The molecule has 8 nitrogen and oxygen atoms in total. The molecule has 2 N–H and O–H groups in total. The van der Waals surface area contributed by atoms with E-state index in [2.05, 4.69) is 5.32 Å². The highest BCUT2D eigenvalue weighted by Gasteiger charge is 2.38. The molecule has 3 heterocycles. The van der Waals surface area contributed by atoms with Gasteiger partial charge in [-0.25, -0.2) is 13.2 Å². The average molecular weight is 451 g/mol. The lowest BCUT2D eigenvalue weighted by Gasteiger charge is -2.34. The Morgan fingerprint density at radius 1 is 1.19 bits per heavy atom. The molecule has 0 spiro atoms. The van der Waals surface area contributed by atoms with Gasteiger partial charge in [-0.15, -0.1) is 0 Å². The predicted octanol–water partition coefficient (Wildman–Crippen LogP) is 1.71. The summed E-state index contributed by atoms with van der Waals surface area (Å²) < 4.78 is 47.5. The van der Waals surface area contributed by atoms with Crippen LogP contribution in [0.4, 0.5) is 13.2 Å². The molecule has 170 valence electrons. The van der Waals surface area contributed by atoms with E-state index in [4.69, 9.17) is 4.74 Å². The van der Waals surface area contributed by atoms with E-state index in [1.165, 1.54) is 22.8 Å². The highest BCUT2D eigenvalue weighted by Crippen LogP contribution is 2.32. The van der Waals surface area contributed by atoms with E-state index >= 15 is 0 Å². The van der Waals surface area contributed by atoms with Crippen molar-refractivity contribution in [1.82, 2.24) is 14.8 Å². The maximum Gasteiger partial charge on any atom is 0.274 e. The Bertz CT molecular complexity index is 1140. The van der Waals surface area contributed by atoms with Crippen molar-refractivity contribution in [3.05, 3.63) is 62.8 Å². The van der Waals surface area contributed by atoms with E-state index in [0.717, 1.165) is 0 Å². The number of benzene rings is 1. The minimum atomic E-state index is -1.19. The highest BCUT2D eigenvalue weighted by molar-refractivity contribution is 5.99. The second kappa shape index (κ2) is 8.30. The molecule has 0 aliphatic carbocycles. The third-order valence-corrected chi connectivity index (χ3v) is 5.88. The Balaban J connectivity index is 1.66. The summed E-state index contributed by atoms with van der Waals surface area (Å²) in [5.74, 6) is -5.91. The molecule has 2 bridgehead atoms. The van der Waals surface area contributed by atoms with E-state index in [1.807, 2.05) is 0 Å². The van der Waals surface area contributed by atoms with Crippen LogP contribution in [-0.2, 0) is 11.3 Å². The Morgan fingerprint density at radius 2 is 1.88 bits per heavy atom. The first-order chi connectivity index (χ1) is 15.2. The Morgan fingerprint density at radius 3 is 2.53 bits per heavy atom. The fourth-order valence-corrected chi connectivity index (χ4v) is 4.16. The summed E-state index contributed by atoms with van der Waals surface area (Å²) in [7, 11) is 1.54. The van der Waals surface area contributed by atoms with Gasteiger partial charge in [0, 0.05) is 50.6 Å². The van der Waals surface area contributed by atoms with Gasteiger partial charge in [0.1, 0.15) is 23.0 Å². The summed E-state index contributed by atoms with van der Waals surface area (Å²) in [5.41, 5.74) is -2.36. The van der Waals surface area contributed by atoms with Gasteiger partial charge >= 0.3 is 0 Å². The van der Waals surface area contributed by atoms with Crippen molar-refractivity contribution >= 4 is 11.8 Å². The van der Waals surface area contributed by atoms with Gasteiger partial charge in [-0.3, -0.25) is 14.4 Å². The molecule has 11 heteroatoms. The number of hydrogen-bond donors (Lipinski definition) is 2. The average Bonchev–Trinajstić information content (AvgIpc) is 2.94. The maximum atomic E-state index is 13.8. The molecule has 1 fully saturated rings. The van der Waals surface area contributed by atoms with Crippen LogP contribution in [0, 0.1) is 17.5 Å². The number of pyridine rings is 1. The predicted molar refractivity (Wildman–Crippen MR) is 105 cm³/mol. The number of methoxy groups -OCH3 is 1. The maximum absolute atomic E-state index is 13.8. The van der Waals surface area contributed by atoms with Crippen LogP contribution in [0.1, 0.15) is 45.3 Å². The van der Waals surface area contributed by atoms with Gasteiger partial charge in [-0.05, 0) is 12.8 Å². The van der Waals surface area contributed by atoms with E-state index in [1.54, 1.807) is 0 Å². The van der Waals surface area contributed by atoms with Crippen LogP contribution in [-0.4, -0.2) is 52.7 Å². The zero-order chi connectivity index (χ0) is 23.2. The minimum Gasteiger partial charge on any atom is -0.503 e. The highest BCUT2D eigenvalue weighted by atomic mass is 19.1. The summed E-state index contributed by atoms with van der Waals surface area (Å²) in [6.45, 7) is -0.0120. The molecule has 1 aromatic carbocycles. The SMILES string of the molecule is CO[C@H]1CC[C@H]2CN(C1)C(=O)c1c(O)c(=O)c(C(=O)NCc3c(F)cc(F)cc3F)cn12. The summed E-state index contributed by atoms with van der Waals surface area (Å²) in [6, 6.07) is 0.648. The number of ether oxygens (including phenoxy) is 1. The lowest BCUT2D eigenvalue weighted by molar-refractivity contribution is 0.0481. The van der Waals surface area contributed by atoms with Crippen LogP contribution >= 0.6 is 0 Å². The topological polar surface area (TPSA) is 101 Å². The second-order valence-electron chi connectivity index (χ2n) is 7.81. The van der Waals surface area contributed by atoms with E-state index in [0.29, 0.717) is 38.1 Å². The van der Waals surface area contributed by atoms with Gasteiger partial charge < -0.3 is 24.6 Å². The van der Waals surface area contributed by atoms with Gasteiger partial charge in [-0.1, -0.05) is 0 Å². The lowest BCUT2D eigenvalue weighted by atomic mass is 10.1. The summed E-state index contributed by atoms with van der Waals surface area (Å²) in [6.07, 6.45) is 2.18. The first kappa shape index (κ1) is 21.9. The van der Waals surface area contributed by atoms with Gasteiger partial charge in [-0.2, -0.15) is 0 Å². The monoisotopic (exact) mass is 451 g/mol. The van der Waals surface area contributed by atoms with Gasteiger partial charge in [0.05, 0.1) is 12.1 Å². The molecule has 32 heavy (non-hydrogen) atoms. The Hall–Kier alpha value is -3.34. The Kier molecular flexibility index (Phi) is 5.68. The summed E-state index contributed by atoms with van der Waals surface area (Å²) in [4.78, 5) is 39.6. The molecular formula is C21H20F3N3O5. The van der Waals surface area contributed by atoms with Crippen LogP contribution in [0.2, 0.25) is 0 Å². The quantitative estimate of drug-likeness (QED) is 0.737. The molecule has 2 atom stereocenters. The largest absolute Gasteiger partial charge is 0.503 e. The van der Waals surface area contributed by atoms with Crippen molar-refractivity contribution in [3.8, 4) is 5.75 Å². The number of halogens is 3. The summed E-state index contributed by atoms with van der Waals surface area (Å²) in [5, 5.41) is 12.7. The number of amides is 2. The van der Waals surface area contributed by atoms with Crippen molar-refractivity contribution in [2.75, 3.05) is 20.2 Å². The number of fused-ring (bicyclic) bond motifs is 4. The van der Waals surface area contributed by atoms with Crippen molar-refractivity contribution in [3.63, 3.8) is 0 Å². The van der Waals surface area contributed by atoms with Crippen molar-refractivity contribution in [1.29, 1.82) is 0 Å².